The second-order valence-electron chi connectivity index (χ2n) is 1.76. The number of rotatable bonds is 3. The van der Waals surface area contributed by atoms with Gasteiger partial charge in [-0.25, -0.2) is 0 Å². The Balaban J connectivity index is 3.13. The van der Waals surface area contributed by atoms with Gasteiger partial charge in [-0.05, 0) is 6.42 Å². The SMILES string of the molecule is O=C(O)CCCC#CCO. The zero-order valence-corrected chi connectivity index (χ0v) is 5.63. The number of aliphatic carboxylic acids is 1. The van der Waals surface area contributed by atoms with Gasteiger partial charge >= 0.3 is 5.97 Å². The normalized spacial score (nSPS) is 8.10. The Morgan fingerprint density at radius 3 is 2.60 bits per heavy atom. The Kier molecular flexibility index (Phi) is 5.50. The predicted octanol–water partition coefficient (Wildman–Crippen LogP) is 0.237. The summed E-state index contributed by atoms with van der Waals surface area (Å²) in [5.74, 6) is 4.26. The van der Waals surface area contributed by atoms with E-state index in [1.54, 1.807) is 0 Å². The number of carboxylic acids is 1. The smallest absolute Gasteiger partial charge is 0.303 e. The maximum absolute atomic E-state index is 9.93. The Morgan fingerprint density at radius 1 is 1.40 bits per heavy atom. The largest absolute Gasteiger partial charge is 0.481 e. The van der Waals surface area contributed by atoms with Crippen molar-refractivity contribution in [2.75, 3.05) is 6.61 Å². The van der Waals surface area contributed by atoms with Gasteiger partial charge in [0.25, 0.3) is 0 Å². The van der Waals surface area contributed by atoms with Crippen LogP contribution in [0.4, 0.5) is 0 Å². The van der Waals surface area contributed by atoms with Crippen molar-refractivity contribution >= 4 is 5.97 Å². The molecule has 10 heavy (non-hydrogen) atoms. The fourth-order valence-electron chi connectivity index (χ4n) is 0.472. The molecule has 0 rings (SSSR count). The van der Waals surface area contributed by atoms with Crippen LogP contribution in [0.5, 0.6) is 0 Å². The maximum Gasteiger partial charge on any atom is 0.303 e. The molecule has 56 valence electrons. The quantitative estimate of drug-likeness (QED) is 0.438. The van der Waals surface area contributed by atoms with E-state index in [-0.39, 0.29) is 13.0 Å². The molecule has 0 aliphatic rings. The van der Waals surface area contributed by atoms with E-state index >= 15 is 0 Å². The summed E-state index contributed by atoms with van der Waals surface area (Å²) in [7, 11) is 0. The van der Waals surface area contributed by atoms with Gasteiger partial charge in [0.15, 0.2) is 0 Å². The number of hydrogen-bond acceptors (Lipinski definition) is 2. The third kappa shape index (κ3) is 6.99. The van der Waals surface area contributed by atoms with Crippen LogP contribution in [0.2, 0.25) is 0 Å². The van der Waals surface area contributed by atoms with Crippen LogP contribution in [0.25, 0.3) is 0 Å². The molecule has 0 amide bonds. The minimum Gasteiger partial charge on any atom is -0.481 e. The Bertz CT molecular complexity index is 152. The van der Waals surface area contributed by atoms with Crippen molar-refractivity contribution in [1.29, 1.82) is 0 Å². The van der Waals surface area contributed by atoms with Gasteiger partial charge in [-0.15, -0.1) is 5.92 Å². The predicted molar refractivity (Wildman–Crippen MR) is 36.3 cm³/mol. The molecule has 0 aliphatic heterocycles. The van der Waals surface area contributed by atoms with E-state index < -0.39 is 5.97 Å². The van der Waals surface area contributed by atoms with Gasteiger partial charge in [0.05, 0.1) is 0 Å². The van der Waals surface area contributed by atoms with Crippen LogP contribution in [-0.2, 0) is 4.79 Å². The van der Waals surface area contributed by atoms with Crippen LogP contribution in [0.1, 0.15) is 19.3 Å². The second-order valence-corrected chi connectivity index (χ2v) is 1.76. The van der Waals surface area contributed by atoms with E-state index in [2.05, 4.69) is 11.8 Å². The summed E-state index contributed by atoms with van der Waals surface area (Å²) in [4.78, 5) is 9.93. The Labute approximate surface area is 59.7 Å². The van der Waals surface area contributed by atoms with Gasteiger partial charge in [0, 0.05) is 12.8 Å². The van der Waals surface area contributed by atoms with Crippen molar-refractivity contribution in [3.8, 4) is 11.8 Å². The molecule has 0 heterocycles. The summed E-state index contributed by atoms with van der Waals surface area (Å²) >= 11 is 0. The molecule has 0 unspecified atom stereocenters. The van der Waals surface area contributed by atoms with Crippen LogP contribution < -0.4 is 0 Å². The molecule has 0 bridgehead atoms. The summed E-state index contributed by atoms with van der Waals surface area (Å²) in [5.41, 5.74) is 0. The highest BCUT2D eigenvalue weighted by atomic mass is 16.4. The number of unbranched alkanes of at least 4 members (excludes halogenated alkanes) is 1. The zero-order chi connectivity index (χ0) is 7.82. The van der Waals surface area contributed by atoms with Crippen LogP contribution >= 0.6 is 0 Å². The molecule has 0 radical (unpaired) electrons. The molecule has 0 fully saturated rings. The van der Waals surface area contributed by atoms with Crippen LogP contribution in [0.3, 0.4) is 0 Å². The molecule has 3 heteroatoms. The van der Waals surface area contributed by atoms with Gasteiger partial charge in [0.2, 0.25) is 0 Å². The van der Waals surface area contributed by atoms with E-state index in [0.717, 1.165) is 0 Å². The molecule has 0 saturated heterocycles. The Morgan fingerprint density at radius 2 is 2.10 bits per heavy atom. The fourth-order valence-corrected chi connectivity index (χ4v) is 0.472. The van der Waals surface area contributed by atoms with E-state index in [4.69, 9.17) is 10.2 Å². The van der Waals surface area contributed by atoms with Gasteiger partial charge < -0.3 is 10.2 Å². The Hall–Kier alpha value is -1.01. The first-order valence-corrected chi connectivity index (χ1v) is 3.05. The van der Waals surface area contributed by atoms with Crippen LogP contribution in [-0.4, -0.2) is 22.8 Å². The fraction of sp³-hybridized carbons (Fsp3) is 0.571. The highest BCUT2D eigenvalue weighted by molar-refractivity contribution is 5.66. The molecule has 0 aromatic heterocycles. The molecule has 3 nitrogen and oxygen atoms in total. The third-order valence-corrected chi connectivity index (χ3v) is 0.896. The lowest BCUT2D eigenvalue weighted by molar-refractivity contribution is -0.137. The topological polar surface area (TPSA) is 57.5 Å². The standard InChI is InChI=1S/C7H10O3/c8-6-4-2-1-3-5-7(9)10/h8H,1,3,5-6H2,(H,9,10). The van der Waals surface area contributed by atoms with Crippen molar-refractivity contribution in [2.45, 2.75) is 19.3 Å². The van der Waals surface area contributed by atoms with Crippen molar-refractivity contribution in [2.24, 2.45) is 0 Å². The highest BCUT2D eigenvalue weighted by Gasteiger charge is 1.92. The minimum atomic E-state index is -0.800. The number of hydrogen-bond donors (Lipinski definition) is 2. The zero-order valence-electron chi connectivity index (χ0n) is 5.63. The van der Waals surface area contributed by atoms with E-state index in [1.165, 1.54) is 0 Å². The molecular formula is C7H10O3. The maximum atomic E-state index is 9.93. The van der Waals surface area contributed by atoms with Crippen LogP contribution in [0, 0.1) is 11.8 Å². The van der Waals surface area contributed by atoms with Gasteiger partial charge in [-0.1, -0.05) is 5.92 Å². The lowest BCUT2D eigenvalue weighted by Gasteiger charge is -1.86. The van der Waals surface area contributed by atoms with Gasteiger partial charge in [-0.3, -0.25) is 4.79 Å². The molecule has 0 aliphatic carbocycles. The summed E-state index contributed by atoms with van der Waals surface area (Å²) in [6.45, 7) is -0.146. The van der Waals surface area contributed by atoms with E-state index in [9.17, 15) is 4.79 Å². The first kappa shape index (κ1) is 8.99. The first-order valence-electron chi connectivity index (χ1n) is 3.05. The number of carboxylic acid groups (broad SMARTS) is 1. The molecule has 0 atom stereocenters. The molecule has 0 aromatic rings. The number of aliphatic hydroxyl groups excluding tert-OH is 1. The van der Waals surface area contributed by atoms with E-state index in [0.29, 0.717) is 12.8 Å². The molecule has 0 saturated carbocycles. The first-order chi connectivity index (χ1) is 4.77. The number of aliphatic hydroxyl groups is 1. The van der Waals surface area contributed by atoms with Gasteiger partial charge in [0.1, 0.15) is 6.61 Å². The van der Waals surface area contributed by atoms with Gasteiger partial charge in [-0.2, -0.15) is 0 Å². The van der Waals surface area contributed by atoms with Crippen molar-refractivity contribution < 1.29 is 15.0 Å². The van der Waals surface area contributed by atoms with Crippen molar-refractivity contribution in [3.05, 3.63) is 0 Å². The van der Waals surface area contributed by atoms with Crippen molar-refractivity contribution in [3.63, 3.8) is 0 Å². The average molecular weight is 142 g/mol. The molecule has 2 N–H and O–H groups in total. The molecular weight excluding hydrogens is 132 g/mol. The lowest BCUT2D eigenvalue weighted by Crippen LogP contribution is -1.92. The summed E-state index contributed by atoms with van der Waals surface area (Å²) in [5, 5.41) is 16.4. The average Bonchev–Trinajstić information content (AvgIpc) is 1.87. The monoisotopic (exact) mass is 142 g/mol. The summed E-state index contributed by atoms with van der Waals surface area (Å²) in [6.07, 6.45) is 1.26. The van der Waals surface area contributed by atoms with E-state index in [1.807, 2.05) is 0 Å². The second kappa shape index (κ2) is 6.12. The molecule has 0 aromatic carbocycles. The highest BCUT2D eigenvalue weighted by Crippen LogP contribution is 1.92. The minimum absolute atomic E-state index is 0.146. The summed E-state index contributed by atoms with van der Waals surface area (Å²) in [6, 6.07) is 0. The van der Waals surface area contributed by atoms with Crippen LogP contribution in [0.15, 0.2) is 0 Å². The third-order valence-electron chi connectivity index (χ3n) is 0.896. The lowest BCUT2D eigenvalue weighted by atomic mass is 10.2. The summed E-state index contributed by atoms with van der Waals surface area (Å²) < 4.78 is 0. The molecule has 0 spiro atoms. The van der Waals surface area contributed by atoms with Crippen molar-refractivity contribution in [1.82, 2.24) is 0 Å². The number of carbonyl (C=O) groups is 1.